The second kappa shape index (κ2) is 8.80. The smallest absolute Gasteiger partial charge is 0.343 e. The summed E-state index contributed by atoms with van der Waals surface area (Å²) in [5.41, 5.74) is 1.33. The van der Waals surface area contributed by atoms with E-state index in [4.69, 9.17) is 9.79 Å². The SMILES string of the molecule is C.OP(O)OCn1nc(C(F)(F)F)nc1-c1nc2n(c1-c1cnc[nH]1)CCCCC2. The summed E-state index contributed by atoms with van der Waals surface area (Å²) < 4.78 is 47.2. The molecule has 0 fully saturated rings. The summed E-state index contributed by atoms with van der Waals surface area (Å²) in [5.74, 6) is -0.813. The molecule has 3 N–H and O–H groups in total. The van der Waals surface area contributed by atoms with Crippen LogP contribution in [0.15, 0.2) is 12.5 Å². The third-order valence-corrected chi connectivity index (χ3v) is 4.86. The van der Waals surface area contributed by atoms with Crippen LogP contribution < -0.4 is 0 Å². The van der Waals surface area contributed by atoms with Crippen LogP contribution in [0.2, 0.25) is 0 Å². The Labute approximate surface area is 170 Å². The summed E-state index contributed by atoms with van der Waals surface area (Å²) in [6, 6.07) is 0. The largest absolute Gasteiger partial charge is 0.453 e. The molecule has 3 aromatic heterocycles. The van der Waals surface area contributed by atoms with E-state index in [2.05, 4.69) is 29.6 Å². The van der Waals surface area contributed by atoms with Crippen molar-refractivity contribution >= 4 is 8.60 Å². The Balaban J connectivity index is 0.00000256. The lowest BCUT2D eigenvalue weighted by Crippen LogP contribution is -2.09. The molecule has 0 aromatic carbocycles. The first-order valence-corrected chi connectivity index (χ1v) is 9.92. The van der Waals surface area contributed by atoms with Crippen LogP contribution in [0.5, 0.6) is 0 Å². The lowest BCUT2D eigenvalue weighted by molar-refractivity contribution is -0.145. The van der Waals surface area contributed by atoms with Gasteiger partial charge in [-0.3, -0.25) is 4.52 Å². The number of halogens is 3. The van der Waals surface area contributed by atoms with Gasteiger partial charge >= 0.3 is 14.8 Å². The normalized spacial score (nSPS) is 14.5. The molecule has 0 radical (unpaired) electrons. The minimum absolute atomic E-state index is 0. The molecule has 4 heterocycles. The lowest BCUT2D eigenvalue weighted by atomic mass is 10.2. The summed E-state index contributed by atoms with van der Waals surface area (Å²) in [6.45, 7) is 0.0355. The van der Waals surface area contributed by atoms with Gasteiger partial charge in [0.2, 0.25) is 0 Å². The number of fused-ring (bicyclic) bond motifs is 1. The zero-order valence-electron chi connectivity index (χ0n) is 15.0. The molecule has 30 heavy (non-hydrogen) atoms. The number of alkyl halides is 3. The van der Waals surface area contributed by atoms with E-state index < -0.39 is 27.3 Å². The number of hydrogen-bond acceptors (Lipinski definition) is 7. The van der Waals surface area contributed by atoms with Crippen molar-refractivity contribution in [3.8, 4) is 22.9 Å². The molecular weight excluding hydrogens is 426 g/mol. The Morgan fingerprint density at radius 2 is 2.00 bits per heavy atom. The van der Waals surface area contributed by atoms with Crippen LogP contribution in [-0.4, -0.2) is 44.1 Å². The topological polar surface area (TPSA) is 127 Å². The number of nitrogens with zero attached hydrogens (tertiary/aromatic N) is 6. The summed E-state index contributed by atoms with van der Waals surface area (Å²) in [6.07, 6.45) is 1.77. The van der Waals surface area contributed by atoms with Crippen molar-refractivity contribution in [1.82, 2.24) is 34.3 Å². The minimum atomic E-state index is -4.78. The number of nitrogens with one attached hydrogen (secondary N) is 1. The van der Waals surface area contributed by atoms with Crippen LogP contribution in [0.25, 0.3) is 22.9 Å². The van der Waals surface area contributed by atoms with E-state index in [1.807, 2.05) is 4.57 Å². The first-order valence-electron chi connectivity index (χ1n) is 8.76. The van der Waals surface area contributed by atoms with E-state index in [1.165, 1.54) is 6.33 Å². The van der Waals surface area contributed by atoms with Gasteiger partial charge in [-0.1, -0.05) is 13.8 Å². The van der Waals surface area contributed by atoms with Crippen LogP contribution in [-0.2, 0) is 30.4 Å². The highest BCUT2D eigenvalue weighted by molar-refractivity contribution is 7.39. The molecule has 4 rings (SSSR count). The Morgan fingerprint density at radius 3 is 2.67 bits per heavy atom. The summed E-state index contributed by atoms with van der Waals surface area (Å²) in [4.78, 5) is 33.2. The first-order chi connectivity index (χ1) is 13.8. The molecule has 1 aliphatic heterocycles. The van der Waals surface area contributed by atoms with Crippen LogP contribution >= 0.6 is 8.60 Å². The molecule has 0 unspecified atom stereocenters. The molecule has 0 bridgehead atoms. The van der Waals surface area contributed by atoms with Crippen molar-refractivity contribution in [2.45, 2.75) is 52.6 Å². The van der Waals surface area contributed by atoms with Crippen LogP contribution in [0.1, 0.15) is 38.3 Å². The van der Waals surface area contributed by atoms with Crippen molar-refractivity contribution in [2.75, 3.05) is 0 Å². The van der Waals surface area contributed by atoms with Gasteiger partial charge < -0.3 is 19.3 Å². The van der Waals surface area contributed by atoms with Gasteiger partial charge in [-0.2, -0.15) is 13.2 Å². The number of aryl methyl sites for hydroxylation is 1. The molecule has 14 heteroatoms. The standard InChI is InChI=1S/C15H17F3N7O3P.CH4/c16-15(17,18)14-22-13(25(23-14)8-28-29(26)27)11-12(9-6-19-7-20-9)24-5-3-1-2-4-10(24)21-11;/h6-7,26-27H,1-5,8H2,(H,19,20);1H4. The zero-order chi connectivity index (χ0) is 20.6. The Bertz CT molecular complexity index is 985. The van der Waals surface area contributed by atoms with Gasteiger partial charge in [-0.15, -0.1) is 5.10 Å². The van der Waals surface area contributed by atoms with Crippen molar-refractivity contribution in [2.24, 2.45) is 0 Å². The van der Waals surface area contributed by atoms with E-state index in [0.29, 0.717) is 24.4 Å². The molecule has 0 saturated carbocycles. The monoisotopic (exact) mass is 447 g/mol. The van der Waals surface area contributed by atoms with Crippen molar-refractivity contribution in [3.63, 3.8) is 0 Å². The maximum atomic E-state index is 13.2. The van der Waals surface area contributed by atoms with Gasteiger partial charge in [0, 0.05) is 13.0 Å². The fourth-order valence-corrected chi connectivity index (χ4v) is 3.52. The summed E-state index contributed by atoms with van der Waals surface area (Å²) >= 11 is 0. The molecule has 1 aliphatic rings. The van der Waals surface area contributed by atoms with Gasteiger partial charge in [-0.05, 0) is 12.8 Å². The van der Waals surface area contributed by atoms with Gasteiger partial charge in [0.15, 0.2) is 12.6 Å². The Kier molecular flexibility index (Phi) is 6.56. The van der Waals surface area contributed by atoms with Gasteiger partial charge in [0.1, 0.15) is 11.5 Å². The highest BCUT2D eigenvalue weighted by Gasteiger charge is 2.38. The maximum absolute atomic E-state index is 13.2. The third-order valence-electron chi connectivity index (χ3n) is 4.51. The second-order valence-electron chi connectivity index (χ2n) is 6.42. The molecule has 0 saturated heterocycles. The number of rotatable bonds is 5. The van der Waals surface area contributed by atoms with E-state index in [1.54, 1.807) is 6.20 Å². The van der Waals surface area contributed by atoms with Crippen LogP contribution in [0.3, 0.4) is 0 Å². The van der Waals surface area contributed by atoms with E-state index in [9.17, 15) is 13.2 Å². The average molecular weight is 447 g/mol. The molecular formula is C16H21F3N7O3P. The summed E-state index contributed by atoms with van der Waals surface area (Å²) in [7, 11) is -2.78. The molecule has 0 spiro atoms. The average Bonchev–Trinajstić information content (AvgIpc) is 3.34. The van der Waals surface area contributed by atoms with Gasteiger partial charge in [-0.25, -0.2) is 19.6 Å². The van der Waals surface area contributed by atoms with Crippen molar-refractivity contribution in [1.29, 1.82) is 0 Å². The van der Waals surface area contributed by atoms with E-state index in [0.717, 1.165) is 29.8 Å². The van der Waals surface area contributed by atoms with Crippen LogP contribution in [0.4, 0.5) is 13.2 Å². The number of aromatic amines is 1. The first kappa shape index (κ1) is 22.3. The third kappa shape index (κ3) is 4.38. The quantitative estimate of drug-likeness (QED) is 0.513. The predicted molar refractivity (Wildman–Crippen MR) is 101 cm³/mol. The number of hydrogen-bond donors (Lipinski definition) is 3. The minimum Gasteiger partial charge on any atom is -0.343 e. The molecule has 10 nitrogen and oxygen atoms in total. The lowest BCUT2D eigenvalue weighted by Gasteiger charge is -2.09. The van der Waals surface area contributed by atoms with Crippen molar-refractivity contribution in [3.05, 3.63) is 24.2 Å². The fraction of sp³-hybridized carbons (Fsp3) is 0.500. The van der Waals surface area contributed by atoms with Gasteiger partial charge in [0.05, 0.1) is 23.9 Å². The van der Waals surface area contributed by atoms with E-state index >= 15 is 0 Å². The maximum Gasteiger partial charge on any atom is 0.453 e. The highest BCUT2D eigenvalue weighted by Crippen LogP contribution is 2.36. The highest BCUT2D eigenvalue weighted by atomic mass is 31.2. The Morgan fingerprint density at radius 1 is 1.20 bits per heavy atom. The molecule has 164 valence electrons. The van der Waals surface area contributed by atoms with Crippen LogP contribution in [0, 0.1) is 0 Å². The molecule has 0 atom stereocenters. The van der Waals surface area contributed by atoms with Crippen molar-refractivity contribution < 1.29 is 27.5 Å². The molecule has 0 amide bonds. The molecule has 0 aliphatic carbocycles. The fourth-order valence-electron chi connectivity index (χ4n) is 3.31. The number of imidazole rings is 2. The summed E-state index contributed by atoms with van der Waals surface area (Å²) in [5, 5.41) is 3.45. The zero-order valence-corrected chi connectivity index (χ0v) is 15.9. The number of aromatic nitrogens is 7. The van der Waals surface area contributed by atoms with Gasteiger partial charge in [0.25, 0.3) is 5.82 Å². The Hall–Kier alpha value is -2.34. The predicted octanol–water partition coefficient (Wildman–Crippen LogP) is 3.10. The van der Waals surface area contributed by atoms with E-state index in [-0.39, 0.29) is 18.9 Å². The second-order valence-corrected chi connectivity index (χ2v) is 7.18. The number of H-pyrrole nitrogens is 1. The molecule has 3 aromatic rings.